The van der Waals surface area contributed by atoms with E-state index in [4.69, 9.17) is 4.42 Å². The number of hydrogen-bond acceptors (Lipinski definition) is 4. The molecule has 1 aromatic carbocycles. The van der Waals surface area contributed by atoms with Crippen molar-refractivity contribution < 1.29 is 9.21 Å². The summed E-state index contributed by atoms with van der Waals surface area (Å²) in [5, 5.41) is 2.96. The molecule has 1 aliphatic heterocycles. The molecule has 0 aliphatic carbocycles. The average Bonchev–Trinajstić information content (AvgIpc) is 3.07. The highest BCUT2D eigenvalue weighted by Crippen LogP contribution is 2.39. The molecule has 0 spiro atoms. The van der Waals surface area contributed by atoms with E-state index >= 15 is 0 Å². The quantitative estimate of drug-likeness (QED) is 0.795. The van der Waals surface area contributed by atoms with Crippen LogP contribution in [0.2, 0.25) is 0 Å². The maximum Gasteiger partial charge on any atom is 0.232 e. The zero-order chi connectivity index (χ0) is 16.0. The molecule has 1 aliphatic rings. The van der Waals surface area contributed by atoms with Crippen LogP contribution in [0.1, 0.15) is 31.7 Å². The maximum absolute atomic E-state index is 12.2. The second-order valence-electron chi connectivity index (χ2n) is 6.33. The van der Waals surface area contributed by atoms with E-state index in [2.05, 4.69) is 29.1 Å². The topological polar surface area (TPSA) is 68.0 Å². The summed E-state index contributed by atoms with van der Waals surface area (Å²) in [6.45, 7) is 4.25. The van der Waals surface area contributed by atoms with Crippen LogP contribution in [0.3, 0.4) is 0 Å². The number of nitrogens with one attached hydrogen (secondary N) is 1. The first-order valence-corrected chi connectivity index (χ1v) is 7.77. The van der Waals surface area contributed by atoms with Gasteiger partial charge in [0.05, 0.1) is 5.92 Å². The molecule has 1 N–H and O–H groups in total. The van der Waals surface area contributed by atoms with Gasteiger partial charge in [0.15, 0.2) is 5.58 Å². The van der Waals surface area contributed by atoms with Crippen molar-refractivity contribution in [1.82, 2.24) is 9.97 Å². The van der Waals surface area contributed by atoms with Crippen molar-refractivity contribution in [2.45, 2.75) is 26.2 Å². The predicted octanol–water partition coefficient (Wildman–Crippen LogP) is 3.97. The molecule has 0 radical (unpaired) electrons. The number of hydrogen-bond donors (Lipinski definition) is 1. The second kappa shape index (κ2) is 5.19. The summed E-state index contributed by atoms with van der Waals surface area (Å²) in [5.74, 6) is 0.987. The first-order chi connectivity index (χ1) is 11.1. The van der Waals surface area contributed by atoms with Crippen LogP contribution in [0.4, 0.5) is 5.69 Å². The van der Waals surface area contributed by atoms with E-state index in [-0.39, 0.29) is 11.8 Å². The molecule has 2 aromatic heterocycles. The van der Waals surface area contributed by atoms with Crippen molar-refractivity contribution in [2.75, 3.05) is 5.32 Å². The van der Waals surface area contributed by atoms with Crippen molar-refractivity contribution in [3.8, 4) is 11.5 Å². The molecule has 0 bridgehead atoms. The highest BCUT2D eigenvalue weighted by atomic mass is 16.3. The molecule has 5 heteroatoms. The summed E-state index contributed by atoms with van der Waals surface area (Å²) in [4.78, 5) is 20.8. The van der Waals surface area contributed by atoms with Crippen LogP contribution in [0, 0.1) is 5.92 Å². The van der Waals surface area contributed by atoms with Crippen molar-refractivity contribution in [2.24, 2.45) is 5.92 Å². The minimum atomic E-state index is -0.101. The summed E-state index contributed by atoms with van der Waals surface area (Å²) < 4.78 is 5.84. The molecule has 1 atom stereocenters. The SMILES string of the molecule is CC(C)CC1C(=O)Nc2cc3oc(-c4ccncc4)nc3cc21. The van der Waals surface area contributed by atoms with Gasteiger partial charge < -0.3 is 9.73 Å². The minimum Gasteiger partial charge on any atom is -0.436 e. The number of oxazole rings is 1. The number of anilines is 1. The number of rotatable bonds is 3. The van der Waals surface area contributed by atoms with Crippen molar-refractivity contribution in [3.63, 3.8) is 0 Å². The van der Waals surface area contributed by atoms with Gasteiger partial charge in [0.1, 0.15) is 5.52 Å². The van der Waals surface area contributed by atoms with Gasteiger partial charge in [-0.1, -0.05) is 13.8 Å². The predicted molar refractivity (Wildman–Crippen MR) is 88.1 cm³/mol. The Hall–Kier alpha value is -2.69. The Bertz CT molecular complexity index is 884. The number of carbonyl (C=O) groups is 1. The van der Waals surface area contributed by atoms with Gasteiger partial charge in [-0.25, -0.2) is 4.98 Å². The maximum atomic E-state index is 12.2. The molecule has 0 fully saturated rings. The third kappa shape index (κ3) is 2.38. The summed E-state index contributed by atoms with van der Waals surface area (Å²) in [6.07, 6.45) is 4.26. The number of carbonyl (C=O) groups excluding carboxylic acids is 1. The van der Waals surface area contributed by atoms with Crippen LogP contribution in [0.5, 0.6) is 0 Å². The lowest BCUT2D eigenvalue weighted by molar-refractivity contribution is -0.117. The fraction of sp³-hybridized carbons (Fsp3) is 0.278. The first kappa shape index (κ1) is 13.9. The van der Waals surface area contributed by atoms with Crippen molar-refractivity contribution in [1.29, 1.82) is 0 Å². The van der Waals surface area contributed by atoms with E-state index in [1.54, 1.807) is 12.4 Å². The fourth-order valence-corrected chi connectivity index (χ4v) is 3.07. The Morgan fingerprint density at radius 3 is 2.78 bits per heavy atom. The van der Waals surface area contributed by atoms with E-state index in [9.17, 15) is 4.79 Å². The molecule has 0 saturated carbocycles. The van der Waals surface area contributed by atoms with Gasteiger partial charge in [-0.2, -0.15) is 0 Å². The monoisotopic (exact) mass is 307 g/mol. The zero-order valence-corrected chi connectivity index (χ0v) is 13.0. The summed E-state index contributed by atoms with van der Waals surface area (Å²) in [6, 6.07) is 7.58. The summed E-state index contributed by atoms with van der Waals surface area (Å²) in [5.41, 5.74) is 4.21. The minimum absolute atomic E-state index is 0.0655. The standard InChI is InChI=1S/C18H17N3O2/c1-10(2)7-13-12-8-15-16(9-14(12)20-17(13)22)23-18(21-15)11-3-5-19-6-4-11/h3-6,8-10,13H,7H2,1-2H3,(H,20,22). The molecular formula is C18H17N3O2. The molecule has 3 heterocycles. The first-order valence-electron chi connectivity index (χ1n) is 7.77. The van der Waals surface area contributed by atoms with E-state index in [0.717, 1.165) is 28.8 Å². The van der Waals surface area contributed by atoms with Gasteiger partial charge in [0.2, 0.25) is 11.8 Å². The number of aromatic nitrogens is 2. The fourth-order valence-electron chi connectivity index (χ4n) is 3.07. The van der Waals surface area contributed by atoms with Crippen LogP contribution in [0.15, 0.2) is 41.1 Å². The summed E-state index contributed by atoms with van der Waals surface area (Å²) in [7, 11) is 0. The van der Waals surface area contributed by atoms with Gasteiger partial charge >= 0.3 is 0 Å². The van der Waals surface area contributed by atoms with Gasteiger partial charge in [0.25, 0.3) is 0 Å². The number of nitrogens with zero attached hydrogens (tertiary/aromatic N) is 2. The molecule has 116 valence electrons. The van der Waals surface area contributed by atoms with E-state index < -0.39 is 0 Å². The van der Waals surface area contributed by atoms with Crippen LogP contribution < -0.4 is 5.32 Å². The Morgan fingerprint density at radius 1 is 1.26 bits per heavy atom. The lowest BCUT2D eigenvalue weighted by Crippen LogP contribution is -2.13. The normalized spacial score (nSPS) is 16.8. The molecule has 1 amide bonds. The highest BCUT2D eigenvalue weighted by Gasteiger charge is 2.32. The van der Waals surface area contributed by atoms with Crippen LogP contribution >= 0.6 is 0 Å². The van der Waals surface area contributed by atoms with Crippen LogP contribution in [0.25, 0.3) is 22.6 Å². The number of benzene rings is 1. The summed E-state index contributed by atoms with van der Waals surface area (Å²) >= 11 is 0. The Labute approximate surface area is 133 Å². The number of pyridine rings is 1. The van der Waals surface area contributed by atoms with Crippen molar-refractivity contribution in [3.05, 3.63) is 42.2 Å². The molecule has 5 nitrogen and oxygen atoms in total. The molecule has 4 rings (SSSR count). The molecule has 23 heavy (non-hydrogen) atoms. The molecule has 0 saturated heterocycles. The largest absolute Gasteiger partial charge is 0.436 e. The molecular weight excluding hydrogens is 290 g/mol. The van der Waals surface area contributed by atoms with Crippen LogP contribution in [-0.4, -0.2) is 15.9 Å². The third-order valence-electron chi connectivity index (χ3n) is 4.14. The lowest BCUT2D eigenvalue weighted by Gasteiger charge is -2.10. The van der Waals surface area contributed by atoms with E-state index in [1.807, 2.05) is 24.3 Å². The van der Waals surface area contributed by atoms with Gasteiger partial charge in [-0.3, -0.25) is 9.78 Å². The highest BCUT2D eigenvalue weighted by molar-refractivity contribution is 6.05. The number of amides is 1. The van der Waals surface area contributed by atoms with E-state index in [1.165, 1.54) is 0 Å². The van der Waals surface area contributed by atoms with Gasteiger partial charge in [0, 0.05) is 29.7 Å². The number of fused-ring (bicyclic) bond motifs is 2. The second-order valence-corrected chi connectivity index (χ2v) is 6.33. The van der Waals surface area contributed by atoms with Crippen LogP contribution in [-0.2, 0) is 4.79 Å². The lowest BCUT2D eigenvalue weighted by atomic mass is 9.91. The van der Waals surface area contributed by atoms with Gasteiger partial charge in [-0.05, 0) is 36.1 Å². The average molecular weight is 307 g/mol. The van der Waals surface area contributed by atoms with Gasteiger partial charge in [-0.15, -0.1) is 0 Å². The smallest absolute Gasteiger partial charge is 0.232 e. The van der Waals surface area contributed by atoms with E-state index in [0.29, 0.717) is 17.4 Å². The Balaban J connectivity index is 1.79. The Morgan fingerprint density at radius 2 is 2.04 bits per heavy atom. The third-order valence-corrected chi connectivity index (χ3v) is 4.14. The molecule has 1 unspecified atom stereocenters. The molecule has 3 aromatic rings. The Kier molecular flexibility index (Phi) is 3.15. The van der Waals surface area contributed by atoms with Crippen molar-refractivity contribution >= 4 is 22.7 Å². The zero-order valence-electron chi connectivity index (χ0n) is 13.0.